The van der Waals surface area contributed by atoms with Gasteiger partial charge >= 0.3 is 0 Å². The fourth-order valence-electron chi connectivity index (χ4n) is 2.39. The van der Waals surface area contributed by atoms with Gasteiger partial charge < -0.3 is 10.1 Å². The molecule has 2 heteroatoms. The summed E-state index contributed by atoms with van der Waals surface area (Å²) in [6, 6.07) is 8.58. The van der Waals surface area contributed by atoms with Crippen LogP contribution in [0.4, 0.5) is 0 Å². The molecule has 1 aromatic rings. The fraction of sp³-hybridized carbons (Fsp3) is 0.600. The molecule has 17 heavy (non-hydrogen) atoms. The SMILES string of the molecule is CCNCc1ccccc1COC1CCCC1. The molecule has 1 aliphatic carbocycles. The van der Waals surface area contributed by atoms with Crippen LogP contribution in [0.5, 0.6) is 0 Å². The Balaban J connectivity index is 1.89. The number of hydrogen-bond acceptors (Lipinski definition) is 2. The fourth-order valence-corrected chi connectivity index (χ4v) is 2.39. The quantitative estimate of drug-likeness (QED) is 0.814. The first-order valence-electron chi connectivity index (χ1n) is 6.79. The maximum Gasteiger partial charge on any atom is 0.0723 e. The zero-order valence-corrected chi connectivity index (χ0v) is 10.7. The minimum Gasteiger partial charge on any atom is -0.374 e. The lowest BCUT2D eigenvalue weighted by molar-refractivity contribution is 0.0452. The molecule has 2 nitrogen and oxygen atoms in total. The number of benzene rings is 1. The van der Waals surface area contributed by atoms with E-state index in [0.29, 0.717) is 6.10 Å². The molecular weight excluding hydrogens is 210 g/mol. The van der Waals surface area contributed by atoms with Crippen LogP contribution in [0.3, 0.4) is 0 Å². The lowest BCUT2D eigenvalue weighted by atomic mass is 10.1. The Morgan fingerprint density at radius 1 is 1.18 bits per heavy atom. The molecule has 0 heterocycles. The second-order valence-electron chi connectivity index (χ2n) is 4.77. The van der Waals surface area contributed by atoms with Gasteiger partial charge in [0.05, 0.1) is 12.7 Å². The van der Waals surface area contributed by atoms with E-state index < -0.39 is 0 Å². The number of hydrogen-bond donors (Lipinski definition) is 1. The van der Waals surface area contributed by atoms with Crippen molar-refractivity contribution in [2.45, 2.75) is 51.9 Å². The lowest BCUT2D eigenvalue weighted by Crippen LogP contribution is -2.14. The molecule has 2 rings (SSSR count). The zero-order chi connectivity index (χ0) is 11.9. The topological polar surface area (TPSA) is 21.3 Å². The normalized spacial score (nSPS) is 16.5. The summed E-state index contributed by atoms with van der Waals surface area (Å²) in [7, 11) is 0. The van der Waals surface area contributed by atoms with Gasteiger partial charge in [0.15, 0.2) is 0 Å². The van der Waals surface area contributed by atoms with Gasteiger partial charge in [-0.1, -0.05) is 44.0 Å². The van der Waals surface area contributed by atoms with Crippen LogP contribution in [0.15, 0.2) is 24.3 Å². The van der Waals surface area contributed by atoms with Gasteiger partial charge in [-0.25, -0.2) is 0 Å². The van der Waals surface area contributed by atoms with Crippen molar-refractivity contribution < 1.29 is 4.74 Å². The van der Waals surface area contributed by atoms with Gasteiger partial charge in [0.2, 0.25) is 0 Å². The molecule has 0 bridgehead atoms. The van der Waals surface area contributed by atoms with Crippen LogP contribution < -0.4 is 5.32 Å². The molecule has 1 aliphatic rings. The highest BCUT2D eigenvalue weighted by molar-refractivity contribution is 5.26. The number of rotatable bonds is 6. The van der Waals surface area contributed by atoms with Gasteiger partial charge in [-0.05, 0) is 30.5 Å². The molecule has 0 unspecified atom stereocenters. The third-order valence-corrected chi connectivity index (χ3v) is 3.46. The van der Waals surface area contributed by atoms with E-state index in [1.807, 2.05) is 0 Å². The summed E-state index contributed by atoms with van der Waals surface area (Å²) in [6.45, 7) is 4.86. The van der Waals surface area contributed by atoms with Crippen molar-refractivity contribution in [2.24, 2.45) is 0 Å². The van der Waals surface area contributed by atoms with E-state index in [1.54, 1.807) is 0 Å². The van der Waals surface area contributed by atoms with Gasteiger partial charge in [0.1, 0.15) is 0 Å². The maximum absolute atomic E-state index is 5.98. The number of ether oxygens (including phenoxy) is 1. The van der Waals surface area contributed by atoms with E-state index in [1.165, 1.54) is 36.8 Å². The number of nitrogens with one attached hydrogen (secondary N) is 1. The van der Waals surface area contributed by atoms with E-state index in [9.17, 15) is 0 Å². The van der Waals surface area contributed by atoms with E-state index in [4.69, 9.17) is 4.74 Å². The van der Waals surface area contributed by atoms with Crippen LogP contribution in [0.2, 0.25) is 0 Å². The van der Waals surface area contributed by atoms with Crippen LogP contribution in [0.25, 0.3) is 0 Å². The summed E-state index contributed by atoms with van der Waals surface area (Å²) in [5.74, 6) is 0. The first-order chi connectivity index (χ1) is 8.40. The predicted octanol–water partition coefficient (Wildman–Crippen LogP) is 3.26. The minimum absolute atomic E-state index is 0.502. The van der Waals surface area contributed by atoms with E-state index in [-0.39, 0.29) is 0 Å². The Kier molecular flexibility index (Phi) is 5.02. The van der Waals surface area contributed by atoms with Crippen LogP contribution in [-0.4, -0.2) is 12.6 Å². The molecule has 1 N–H and O–H groups in total. The highest BCUT2D eigenvalue weighted by Crippen LogP contribution is 2.22. The molecule has 0 atom stereocenters. The van der Waals surface area contributed by atoms with Crippen molar-refractivity contribution in [3.63, 3.8) is 0 Å². The smallest absolute Gasteiger partial charge is 0.0723 e. The highest BCUT2D eigenvalue weighted by atomic mass is 16.5. The molecule has 1 fully saturated rings. The van der Waals surface area contributed by atoms with Gasteiger partial charge in [0, 0.05) is 6.54 Å². The van der Waals surface area contributed by atoms with Crippen LogP contribution in [-0.2, 0) is 17.9 Å². The molecule has 1 aromatic carbocycles. The van der Waals surface area contributed by atoms with Gasteiger partial charge in [-0.3, -0.25) is 0 Å². The Morgan fingerprint density at radius 3 is 2.59 bits per heavy atom. The van der Waals surface area contributed by atoms with Crippen molar-refractivity contribution in [2.75, 3.05) is 6.54 Å². The summed E-state index contributed by atoms with van der Waals surface area (Å²) in [5, 5.41) is 3.38. The molecule has 0 radical (unpaired) electrons. The van der Waals surface area contributed by atoms with Crippen molar-refractivity contribution in [3.05, 3.63) is 35.4 Å². The Bertz CT molecular complexity index is 331. The second-order valence-corrected chi connectivity index (χ2v) is 4.77. The highest BCUT2D eigenvalue weighted by Gasteiger charge is 2.15. The summed E-state index contributed by atoms with van der Waals surface area (Å²) in [6.07, 6.45) is 5.67. The summed E-state index contributed by atoms with van der Waals surface area (Å²) in [5.41, 5.74) is 2.70. The van der Waals surface area contributed by atoms with Crippen molar-refractivity contribution in [1.82, 2.24) is 5.32 Å². The van der Waals surface area contributed by atoms with Gasteiger partial charge in [-0.2, -0.15) is 0 Å². The average molecular weight is 233 g/mol. The molecule has 0 aliphatic heterocycles. The van der Waals surface area contributed by atoms with E-state index >= 15 is 0 Å². The molecule has 0 amide bonds. The maximum atomic E-state index is 5.98. The average Bonchev–Trinajstić information content (AvgIpc) is 2.88. The van der Waals surface area contributed by atoms with Crippen molar-refractivity contribution in [3.8, 4) is 0 Å². The summed E-state index contributed by atoms with van der Waals surface area (Å²) < 4.78 is 5.98. The Morgan fingerprint density at radius 2 is 1.88 bits per heavy atom. The zero-order valence-electron chi connectivity index (χ0n) is 10.7. The molecule has 0 saturated heterocycles. The summed E-state index contributed by atoms with van der Waals surface area (Å²) >= 11 is 0. The van der Waals surface area contributed by atoms with Crippen LogP contribution >= 0.6 is 0 Å². The molecule has 0 aromatic heterocycles. The van der Waals surface area contributed by atoms with E-state index in [0.717, 1.165) is 19.7 Å². The summed E-state index contributed by atoms with van der Waals surface area (Å²) in [4.78, 5) is 0. The molecule has 1 saturated carbocycles. The third kappa shape index (κ3) is 3.83. The van der Waals surface area contributed by atoms with Crippen molar-refractivity contribution in [1.29, 1.82) is 0 Å². The minimum atomic E-state index is 0.502. The second kappa shape index (κ2) is 6.77. The van der Waals surface area contributed by atoms with Gasteiger partial charge in [-0.15, -0.1) is 0 Å². The molecular formula is C15H23NO. The van der Waals surface area contributed by atoms with Crippen molar-refractivity contribution >= 4 is 0 Å². The lowest BCUT2D eigenvalue weighted by Gasteiger charge is -2.14. The first-order valence-corrected chi connectivity index (χ1v) is 6.79. The van der Waals surface area contributed by atoms with Crippen LogP contribution in [0, 0.1) is 0 Å². The third-order valence-electron chi connectivity index (χ3n) is 3.46. The Hall–Kier alpha value is -0.860. The Labute approximate surface area is 104 Å². The molecule has 0 spiro atoms. The van der Waals surface area contributed by atoms with Crippen LogP contribution in [0.1, 0.15) is 43.7 Å². The largest absolute Gasteiger partial charge is 0.374 e. The predicted molar refractivity (Wildman–Crippen MR) is 70.9 cm³/mol. The standard InChI is InChI=1S/C15H23NO/c1-2-16-11-13-7-3-4-8-14(13)12-17-15-9-5-6-10-15/h3-4,7-8,15-16H,2,5-6,9-12H2,1H3. The van der Waals surface area contributed by atoms with E-state index in [2.05, 4.69) is 36.5 Å². The van der Waals surface area contributed by atoms with Gasteiger partial charge in [0.25, 0.3) is 0 Å². The molecule has 94 valence electrons. The first kappa shape index (κ1) is 12.6. The monoisotopic (exact) mass is 233 g/mol.